The molecule has 124 valence electrons. The quantitative estimate of drug-likeness (QED) is 0.744. The van der Waals surface area contributed by atoms with Crippen molar-refractivity contribution in [3.05, 3.63) is 60.4 Å². The molecule has 0 spiro atoms. The third kappa shape index (κ3) is 3.69. The molecule has 0 saturated heterocycles. The zero-order valence-electron chi connectivity index (χ0n) is 13.1. The van der Waals surface area contributed by atoms with E-state index in [4.69, 9.17) is 4.74 Å². The number of hydrogen-bond acceptors (Lipinski definition) is 5. The maximum atomic E-state index is 12.4. The molecule has 6 nitrogen and oxygen atoms in total. The van der Waals surface area contributed by atoms with Crippen molar-refractivity contribution in [3.63, 3.8) is 0 Å². The number of nitrogens with zero attached hydrogens (tertiary/aromatic N) is 2. The fourth-order valence-electron chi connectivity index (χ4n) is 2.26. The minimum atomic E-state index is -3.59. The summed E-state index contributed by atoms with van der Waals surface area (Å²) in [5.41, 5.74) is 2.32. The minimum Gasteiger partial charge on any atom is -0.494 e. The van der Waals surface area contributed by atoms with Crippen LogP contribution >= 0.6 is 0 Å². The summed E-state index contributed by atoms with van der Waals surface area (Å²) >= 11 is 0. The Morgan fingerprint density at radius 1 is 1.00 bits per heavy atom. The van der Waals surface area contributed by atoms with E-state index in [0.717, 1.165) is 16.6 Å². The molecule has 0 aliphatic carbocycles. The predicted molar refractivity (Wildman–Crippen MR) is 91.2 cm³/mol. The summed E-state index contributed by atoms with van der Waals surface area (Å²) in [7, 11) is -3.59. The van der Waals surface area contributed by atoms with Gasteiger partial charge in [0.05, 0.1) is 22.5 Å². The van der Waals surface area contributed by atoms with E-state index in [9.17, 15) is 8.42 Å². The molecule has 3 rings (SSSR count). The summed E-state index contributed by atoms with van der Waals surface area (Å²) in [6.07, 6.45) is 3.23. The van der Waals surface area contributed by atoms with Crippen LogP contribution in [0.1, 0.15) is 12.5 Å². The van der Waals surface area contributed by atoms with Gasteiger partial charge in [-0.1, -0.05) is 6.07 Å². The fraction of sp³-hybridized carbons (Fsp3) is 0.176. The zero-order chi connectivity index (χ0) is 17.0. The van der Waals surface area contributed by atoms with Crippen LogP contribution in [0.25, 0.3) is 11.0 Å². The fourth-order valence-corrected chi connectivity index (χ4v) is 3.28. The van der Waals surface area contributed by atoms with Crippen LogP contribution in [-0.4, -0.2) is 25.0 Å². The molecule has 0 fully saturated rings. The average molecular weight is 343 g/mol. The van der Waals surface area contributed by atoms with Crippen LogP contribution in [0.3, 0.4) is 0 Å². The van der Waals surface area contributed by atoms with Crippen molar-refractivity contribution < 1.29 is 13.2 Å². The van der Waals surface area contributed by atoms with E-state index in [1.54, 1.807) is 24.5 Å². The second-order valence-electron chi connectivity index (χ2n) is 5.11. The number of fused-ring (bicyclic) bond motifs is 1. The smallest absolute Gasteiger partial charge is 0.240 e. The molecule has 0 atom stereocenters. The van der Waals surface area contributed by atoms with Crippen molar-refractivity contribution in [3.8, 4) is 5.75 Å². The van der Waals surface area contributed by atoms with Crippen LogP contribution < -0.4 is 9.46 Å². The molecular formula is C17H17N3O3S. The molecule has 7 heteroatoms. The lowest BCUT2D eigenvalue weighted by Gasteiger charge is -2.08. The topological polar surface area (TPSA) is 81.2 Å². The highest BCUT2D eigenvalue weighted by molar-refractivity contribution is 7.89. The maximum Gasteiger partial charge on any atom is 0.240 e. The molecule has 1 N–H and O–H groups in total. The van der Waals surface area contributed by atoms with Gasteiger partial charge in [0, 0.05) is 18.9 Å². The largest absolute Gasteiger partial charge is 0.494 e. The van der Waals surface area contributed by atoms with Crippen LogP contribution in [0.5, 0.6) is 5.75 Å². The van der Waals surface area contributed by atoms with E-state index >= 15 is 0 Å². The van der Waals surface area contributed by atoms with Crippen LogP contribution in [0.4, 0.5) is 0 Å². The minimum absolute atomic E-state index is 0.183. The van der Waals surface area contributed by atoms with Crippen molar-refractivity contribution in [1.29, 1.82) is 0 Å². The molecule has 0 amide bonds. The monoisotopic (exact) mass is 343 g/mol. The molecule has 1 aromatic heterocycles. The number of hydrogen-bond donors (Lipinski definition) is 1. The molecule has 0 bridgehead atoms. The first-order chi connectivity index (χ1) is 11.6. The summed E-state index contributed by atoms with van der Waals surface area (Å²) in [6.45, 7) is 2.59. The van der Waals surface area contributed by atoms with Crippen molar-refractivity contribution in [2.24, 2.45) is 0 Å². The Kier molecular flexibility index (Phi) is 4.73. The number of rotatable bonds is 6. The number of benzene rings is 2. The lowest BCUT2D eigenvalue weighted by atomic mass is 10.2. The maximum absolute atomic E-state index is 12.4. The summed E-state index contributed by atoms with van der Waals surface area (Å²) < 4.78 is 32.6. The van der Waals surface area contributed by atoms with Crippen LogP contribution in [-0.2, 0) is 16.6 Å². The third-order valence-corrected chi connectivity index (χ3v) is 4.86. The van der Waals surface area contributed by atoms with Gasteiger partial charge in [-0.2, -0.15) is 0 Å². The van der Waals surface area contributed by atoms with Gasteiger partial charge in [0.25, 0.3) is 0 Å². The van der Waals surface area contributed by atoms with Gasteiger partial charge in [0.15, 0.2) is 0 Å². The summed E-state index contributed by atoms with van der Waals surface area (Å²) in [5, 5.41) is 0. The Labute approximate surface area is 140 Å². The Hall–Kier alpha value is -2.51. The highest BCUT2D eigenvalue weighted by Crippen LogP contribution is 2.17. The van der Waals surface area contributed by atoms with Gasteiger partial charge in [0.2, 0.25) is 10.0 Å². The first kappa shape index (κ1) is 16.4. The number of ether oxygens (including phenoxy) is 1. The Morgan fingerprint density at radius 2 is 1.71 bits per heavy atom. The van der Waals surface area contributed by atoms with E-state index in [1.165, 1.54) is 12.1 Å². The molecule has 24 heavy (non-hydrogen) atoms. The van der Waals surface area contributed by atoms with Crippen molar-refractivity contribution in [1.82, 2.24) is 14.7 Å². The van der Waals surface area contributed by atoms with Gasteiger partial charge in [-0.15, -0.1) is 0 Å². The Balaban J connectivity index is 1.73. The summed E-state index contributed by atoms with van der Waals surface area (Å²) in [4.78, 5) is 8.61. The molecule has 1 heterocycles. The first-order valence-corrected chi connectivity index (χ1v) is 8.99. The van der Waals surface area contributed by atoms with Gasteiger partial charge in [-0.3, -0.25) is 9.97 Å². The summed E-state index contributed by atoms with van der Waals surface area (Å²) in [5.74, 6) is 0.643. The van der Waals surface area contributed by atoms with Gasteiger partial charge in [0.1, 0.15) is 5.75 Å². The Bertz CT molecular complexity index is 941. The number of nitrogens with one attached hydrogen (secondary N) is 1. The summed E-state index contributed by atoms with van der Waals surface area (Å²) in [6, 6.07) is 11.8. The van der Waals surface area contributed by atoms with Gasteiger partial charge < -0.3 is 4.74 Å². The molecule has 3 aromatic rings. The highest BCUT2D eigenvalue weighted by atomic mass is 32.2. The third-order valence-electron chi connectivity index (χ3n) is 3.45. The normalized spacial score (nSPS) is 11.5. The van der Waals surface area contributed by atoms with Crippen LogP contribution in [0.2, 0.25) is 0 Å². The highest BCUT2D eigenvalue weighted by Gasteiger charge is 2.13. The van der Waals surface area contributed by atoms with Crippen LogP contribution in [0.15, 0.2) is 59.8 Å². The van der Waals surface area contributed by atoms with Crippen molar-refractivity contribution in [2.75, 3.05) is 6.61 Å². The Morgan fingerprint density at radius 3 is 2.42 bits per heavy atom. The van der Waals surface area contributed by atoms with E-state index in [2.05, 4.69) is 14.7 Å². The second kappa shape index (κ2) is 6.94. The number of sulfonamides is 1. The van der Waals surface area contributed by atoms with E-state index in [-0.39, 0.29) is 11.4 Å². The van der Waals surface area contributed by atoms with Crippen molar-refractivity contribution >= 4 is 21.1 Å². The van der Waals surface area contributed by atoms with Crippen LogP contribution in [0, 0.1) is 0 Å². The molecule has 0 radical (unpaired) electrons. The van der Waals surface area contributed by atoms with Gasteiger partial charge >= 0.3 is 0 Å². The van der Waals surface area contributed by atoms with Gasteiger partial charge in [-0.05, 0) is 48.9 Å². The van der Waals surface area contributed by atoms with E-state index < -0.39 is 10.0 Å². The SMILES string of the molecule is CCOc1ccc(S(=O)(=O)NCc2ccc3nccnc3c2)cc1. The molecule has 2 aromatic carbocycles. The van der Waals surface area contributed by atoms with E-state index in [0.29, 0.717) is 12.4 Å². The van der Waals surface area contributed by atoms with E-state index in [1.807, 2.05) is 25.1 Å². The van der Waals surface area contributed by atoms with Gasteiger partial charge in [-0.25, -0.2) is 13.1 Å². The second-order valence-corrected chi connectivity index (χ2v) is 6.88. The molecule has 0 unspecified atom stereocenters. The molecule has 0 saturated carbocycles. The zero-order valence-corrected chi connectivity index (χ0v) is 14.0. The first-order valence-electron chi connectivity index (χ1n) is 7.50. The lowest BCUT2D eigenvalue weighted by molar-refractivity contribution is 0.340. The standard InChI is InChI=1S/C17H17N3O3S/c1-2-23-14-4-6-15(7-5-14)24(21,22)20-12-13-3-8-16-17(11-13)19-10-9-18-16/h3-11,20H,2,12H2,1H3. The lowest BCUT2D eigenvalue weighted by Crippen LogP contribution is -2.23. The molecule has 0 aliphatic heterocycles. The number of aromatic nitrogens is 2. The average Bonchev–Trinajstić information content (AvgIpc) is 2.61. The molecule has 0 aliphatic rings. The van der Waals surface area contributed by atoms with Crippen molar-refractivity contribution in [2.45, 2.75) is 18.4 Å². The molecular weight excluding hydrogens is 326 g/mol. The predicted octanol–water partition coefficient (Wildman–Crippen LogP) is 2.51.